The Balaban J connectivity index is 1.70. The lowest BCUT2D eigenvalue weighted by molar-refractivity contribution is 0.0604. The Bertz CT molecular complexity index is 428. The van der Waals surface area contributed by atoms with Gasteiger partial charge in [-0.2, -0.15) is 0 Å². The zero-order valence-corrected chi connectivity index (χ0v) is 13.6. The number of aliphatic hydroxyl groups excluding tert-OH is 1. The molecule has 0 radical (unpaired) electrons. The molecule has 0 aliphatic carbocycles. The summed E-state index contributed by atoms with van der Waals surface area (Å²) in [5.41, 5.74) is 2.15. The molecule has 1 aliphatic heterocycles. The average molecular weight is 290 g/mol. The zero-order valence-electron chi connectivity index (χ0n) is 13.6. The van der Waals surface area contributed by atoms with E-state index in [1.807, 2.05) is 12.1 Å². The lowest BCUT2D eigenvalue weighted by Crippen LogP contribution is -2.25. The van der Waals surface area contributed by atoms with E-state index in [1.165, 1.54) is 50.5 Å². The van der Waals surface area contributed by atoms with Crippen LogP contribution < -0.4 is 4.74 Å². The van der Waals surface area contributed by atoms with E-state index in [0.29, 0.717) is 0 Å². The lowest BCUT2D eigenvalue weighted by Gasteiger charge is -2.30. The summed E-state index contributed by atoms with van der Waals surface area (Å²) < 4.78 is 6.04. The van der Waals surface area contributed by atoms with Crippen molar-refractivity contribution in [2.45, 2.75) is 83.8 Å². The van der Waals surface area contributed by atoms with Gasteiger partial charge in [-0.05, 0) is 31.9 Å². The van der Waals surface area contributed by atoms with Crippen LogP contribution in [0, 0.1) is 6.92 Å². The lowest BCUT2D eigenvalue weighted by atomic mass is 9.95. The standard InChI is InChI=1S/C19H30O2/c1-3-4-5-6-7-8-9-10-16-14-18(20)17-13-15(2)11-12-19(17)21-16/h11-13,16,18,20H,3-10,14H2,1-2H3. The molecule has 0 saturated heterocycles. The summed E-state index contributed by atoms with van der Waals surface area (Å²) in [6, 6.07) is 6.11. The molecule has 0 aromatic heterocycles. The maximum Gasteiger partial charge on any atom is 0.125 e. The number of rotatable bonds is 8. The predicted octanol–water partition coefficient (Wildman–Crippen LogP) is 5.32. The number of unbranched alkanes of at least 4 members (excludes halogenated alkanes) is 6. The van der Waals surface area contributed by atoms with Crippen LogP contribution in [0.25, 0.3) is 0 Å². The molecule has 1 aromatic carbocycles. The van der Waals surface area contributed by atoms with Crippen molar-refractivity contribution in [1.29, 1.82) is 0 Å². The van der Waals surface area contributed by atoms with Gasteiger partial charge in [-0.1, -0.05) is 57.1 Å². The topological polar surface area (TPSA) is 29.5 Å². The van der Waals surface area contributed by atoms with E-state index < -0.39 is 0 Å². The van der Waals surface area contributed by atoms with Crippen molar-refractivity contribution >= 4 is 0 Å². The fraction of sp³-hybridized carbons (Fsp3) is 0.684. The average Bonchev–Trinajstić information content (AvgIpc) is 2.47. The van der Waals surface area contributed by atoms with E-state index in [2.05, 4.69) is 19.9 Å². The minimum absolute atomic E-state index is 0.186. The van der Waals surface area contributed by atoms with Crippen molar-refractivity contribution in [3.8, 4) is 5.75 Å². The maximum absolute atomic E-state index is 10.3. The van der Waals surface area contributed by atoms with E-state index in [9.17, 15) is 5.11 Å². The number of aryl methyl sites for hydroxylation is 1. The van der Waals surface area contributed by atoms with Gasteiger partial charge in [0.2, 0.25) is 0 Å². The number of benzene rings is 1. The van der Waals surface area contributed by atoms with Crippen molar-refractivity contribution in [1.82, 2.24) is 0 Å². The van der Waals surface area contributed by atoms with Gasteiger partial charge in [0, 0.05) is 12.0 Å². The van der Waals surface area contributed by atoms with Crippen LogP contribution >= 0.6 is 0 Å². The highest BCUT2D eigenvalue weighted by atomic mass is 16.5. The molecule has 0 spiro atoms. The number of aliphatic hydroxyl groups is 1. The Hall–Kier alpha value is -1.02. The minimum Gasteiger partial charge on any atom is -0.490 e. The molecule has 118 valence electrons. The van der Waals surface area contributed by atoms with E-state index in [0.717, 1.165) is 24.2 Å². The molecule has 0 bridgehead atoms. The second kappa shape index (κ2) is 8.43. The number of hydrogen-bond acceptors (Lipinski definition) is 2. The molecule has 2 atom stereocenters. The summed E-state index contributed by atoms with van der Waals surface area (Å²) >= 11 is 0. The molecule has 1 heterocycles. The smallest absolute Gasteiger partial charge is 0.125 e. The van der Waals surface area contributed by atoms with Crippen molar-refractivity contribution in [2.24, 2.45) is 0 Å². The van der Waals surface area contributed by atoms with Crippen LogP contribution in [0.5, 0.6) is 5.75 Å². The molecule has 1 N–H and O–H groups in total. The first-order valence-electron chi connectivity index (χ1n) is 8.66. The van der Waals surface area contributed by atoms with Gasteiger partial charge in [-0.25, -0.2) is 0 Å². The van der Waals surface area contributed by atoms with Crippen LogP contribution in [0.3, 0.4) is 0 Å². The van der Waals surface area contributed by atoms with Crippen LogP contribution in [0.4, 0.5) is 0 Å². The largest absolute Gasteiger partial charge is 0.490 e. The summed E-state index contributed by atoms with van der Waals surface area (Å²) in [5.74, 6) is 0.882. The monoisotopic (exact) mass is 290 g/mol. The first-order valence-corrected chi connectivity index (χ1v) is 8.66. The van der Waals surface area contributed by atoms with Gasteiger partial charge in [0.15, 0.2) is 0 Å². The van der Waals surface area contributed by atoms with E-state index >= 15 is 0 Å². The summed E-state index contributed by atoms with van der Waals surface area (Å²) in [4.78, 5) is 0. The van der Waals surface area contributed by atoms with Crippen molar-refractivity contribution in [2.75, 3.05) is 0 Å². The van der Waals surface area contributed by atoms with Gasteiger partial charge in [-0.3, -0.25) is 0 Å². The summed E-state index contributed by atoms with van der Waals surface area (Å²) in [6.45, 7) is 4.31. The highest BCUT2D eigenvalue weighted by Crippen LogP contribution is 2.36. The van der Waals surface area contributed by atoms with E-state index in [1.54, 1.807) is 0 Å². The second-order valence-corrected chi connectivity index (χ2v) is 6.44. The Morgan fingerprint density at radius 3 is 2.57 bits per heavy atom. The molecule has 0 saturated carbocycles. The van der Waals surface area contributed by atoms with Crippen LogP contribution in [0.2, 0.25) is 0 Å². The van der Waals surface area contributed by atoms with Gasteiger partial charge in [0.05, 0.1) is 6.10 Å². The molecule has 2 rings (SSSR count). The number of hydrogen-bond donors (Lipinski definition) is 1. The molecule has 2 heteroatoms. The van der Waals surface area contributed by atoms with Crippen molar-refractivity contribution in [3.05, 3.63) is 29.3 Å². The number of fused-ring (bicyclic) bond motifs is 1. The Morgan fingerprint density at radius 1 is 1.10 bits per heavy atom. The van der Waals surface area contributed by atoms with Crippen LogP contribution in [0.15, 0.2) is 18.2 Å². The van der Waals surface area contributed by atoms with Gasteiger partial charge in [0.1, 0.15) is 11.9 Å². The maximum atomic E-state index is 10.3. The molecular formula is C19H30O2. The third kappa shape index (κ3) is 5.03. The summed E-state index contributed by atoms with van der Waals surface area (Å²) in [7, 11) is 0. The highest BCUT2D eigenvalue weighted by molar-refractivity contribution is 5.40. The molecule has 2 unspecified atom stereocenters. The third-order valence-electron chi connectivity index (χ3n) is 4.43. The summed E-state index contributed by atoms with van der Waals surface area (Å²) in [5, 5.41) is 10.3. The molecule has 0 amide bonds. The predicted molar refractivity (Wildman–Crippen MR) is 87.8 cm³/mol. The SMILES string of the molecule is CCCCCCCCCC1CC(O)c2cc(C)ccc2O1. The van der Waals surface area contributed by atoms with E-state index in [4.69, 9.17) is 4.74 Å². The Morgan fingerprint density at radius 2 is 1.81 bits per heavy atom. The van der Waals surface area contributed by atoms with Crippen molar-refractivity contribution in [3.63, 3.8) is 0 Å². The summed E-state index contributed by atoms with van der Waals surface area (Å²) in [6.07, 6.45) is 10.9. The quantitative estimate of drug-likeness (QED) is 0.656. The first-order chi connectivity index (χ1) is 10.2. The Labute approximate surface area is 129 Å². The van der Waals surface area contributed by atoms with Gasteiger partial charge in [-0.15, -0.1) is 0 Å². The molecular weight excluding hydrogens is 260 g/mol. The molecule has 21 heavy (non-hydrogen) atoms. The van der Waals surface area contributed by atoms with Gasteiger partial charge in [0.25, 0.3) is 0 Å². The van der Waals surface area contributed by atoms with Crippen LogP contribution in [-0.4, -0.2) is 11.2 Å². The normalized spacial score (nSPS) is 20.9. The third-order valence-corrected chi connectivity index (χ3v) is 4.43. The van der Waals surface area contributed by atoms with Gasteiger partial charge < -0.3 is 9.84 Å². The second-order valence-electron chi connectivity index (χ2n) is 6.44. The zero-order chi connectivity index (χ0) is 15.1. The first kappa shape index (κ1) is 16.4. The Kier molecular flexibility index (Phi) is 6.56. The molecule has 2 nitrogen and oxygen atoms in total. The van der Waals surface area contributed by atoms with Crippen molar-refractivity contribution < 1.29 is 9.84 Å². The fourth-order valence-electron chi connectivity index (χ4n) is 3.15. The number of ether oxygens (including phenoxy) is 1. The van der Waals surface area contributed by atoms with Gasteiger partial charge >= 0.3 is 0 Å². The van der Waals surface area contributed by atoms with Crippen LogP contribution in [-0.2, 0) is 0 Å². The minimum atomic E-state index is -0.358. The molecule has 0 fully saturated rings. The molecule has 1 aliphatic rings. The fourth-order valence-corrected chi connectivity index (χ4v) is 3.15. The van der Waals surface area contributed by atoms with E-state index in [-0.39, 0.29) is 12.2 Å². The molecule has 1 aromatic rings. The van der Waals surface area contributed by atoms with Crippen LogP contribution in [0.1, 0.15) is 81.9 Å². The highest BCUT2D eigenvalue weighted by Gasteiger charge is 2.26.